The van der Waals surface area contributed by atoms with E-state index in [2.05, 4.69) is 20.9 Å². The van der Waals surface area contributed by atoms with Gasteiger partial charge in [-0.2, -0.15) is 0 Å². The van der Waals surface area contributed by atoms with Crippen LogP contribution in [-0.4, -0.2) is 11.3 Å². The maximum atomic E-state index is 12.4. The molecule has 0 aliphatic carbocycles. The molecule has 0 saturated carbocycles. The highest BCUT2D eigenvalue weighted by Crippen LogP contribution is 2.32. The van der Waals surface area contributed by atoms with Gasteiger partial charge in [-0.15, -0.1) is 0 Å². The van der Waals surface area contributed by atoms with Gasteiger partial charge in [-0.1, -0.05) is 0 Å². The van der Waals surface area contributed by atoms with Crippen LogP contribution in [0.4, 0.5) is 14.6 Å². The molecule has 0 amide bonds. The molecule has 0 spiro atoms. The number of hydrogen-bond donors (Lipinski definition) is 1. The van der Waals surface area contributed by atoms with Crippen LogP contribution in [0.3, 0.4) is 0 Å². The van der Waals surface area contributed by atoms with Crippen molar-refractivity contribution in [2.45, 2.75) is 6.43 Å². The summed E-state index contributed by atoms with van der Waals surface area (Å²) in [6.07, 6.45) is -1.41. The van der Waals surface area contributed by atoms with E-state index in [1.165, 1.54) is 0 Å². The first-order valence-corrected chi connectivity index (χ1v) is 4.04. The van der Waals surface area contributed by atoms with Crippen LogP contribution in [0, 0.1) is 0 Å². The molecule has 0 unspecified atom stereocenters. The zero-order valence-corrected chi connectivity index (χ0v) is 7.88. The van der Waals surface area contributed by atoms with Gasteiger partial charge < -0.3 is 5.73 Å². The lowest BCUT2D eigenvalue weighted by atomic mass is 10.1. The fourth-order valence-electron chi connectivity index (χ4n) is 0.846. The summed E-state index contributed by atoms with van der Waals surface area (Å²) in [5, 5.41) is 0. The molecule has 2 N–H and O–H groups in total. The second-order valence-corrected chi connectivity index (χ2v) is 3.04. The number of hydrogen-bond acceptors (Lipinski definition) is 3. The molecule has 0 aliphatic heterocycles. The van der Waals surface area contributed by atoms with E-state index in [0.717, 1.165) is 6.20 Å². The number of halogens is 3. The number of nitrogens with zero attached hydrogens (tertiary/aromatic N) is 1. The number of alkyl halides is 2. The second-order valence-electron chi connectivity index (χ2n) is 2.24. The van der Waals surface area contributed by atoms with Crippen molar-refractivity contribution in [1.82, 2.24) is 4.98 Å². The lowest BCUT2D eigenvalue weighted by molar-refractivity contribution is 0.110. The predicted molar refractivity (Wildman–Crippen MR) is 46.7 cm³/mol. The molecule has 0 aliphatic rings. The SMILES string of the molecule is Nc1ncc(C=O)c(C(F)F)c1Br. The Balaban J connectivity index is 3.41. The minimum atomic E-state index is -2.75. The van der Waals surface area contributed by atoms with Crippen molar-refractivity contribution in [3.63, 3.8) is 0 Å². The van der Waals surface area contributed by atoms with Crippen LogP contribution in [0.25, 0.3) is 0 Å². The van der Waals surface area contributed by atoms with Crippen LogP contribution >= 0.6 is 15.9 Å². The van der Waals surface area contributed by atoms with Gasteiger partial charge in [-0.25, -0.2) is 13.8 Å². The number of nitrogens with two attached hydrogens (primary N) is 1. The largest absolute Gasteiger partial charge is 0.383 e. The third-order valence-corrected chi connectivity index (χ3v) is 2.29. The average Bonchev–Trinajstić information content (AvgIpc) is 2.08. The molecular formula is C7H5BrF2N2O. The van der Waals surface area contributed by atoms with Crippen molar-refractivity contribution in [1.29, 1.82) is 0 Å². The Morgan fingerprint density at radius 1 is 1.62 bits per heavy atom. The standard InChI is InChI=1S/C7H5BrF2N2O/c8-5-4(6(9)10)3(2-13)1-12-7(5)11/h1-2,6H,(H2,11,12). The molecule has 0 aromatic carbocycles. The monoisotopic (exact) mass is 250 g/mol. The van der Waals surface area contributed by atoms with Gasteiger partial charge in [0.25, 0.3) is 6.43 Å². The van der Waals surface area contributed by atoms with E-state index in [-0.39, 0.29) is 15.9 Å². The van der Waals surface area contributed by atoms with Gasteiger partial charge in [0, 0.05) is 17.3 Å². The zero-order chi connectivity index (χ0) is 10.0. The van der Waals surface area contributed by atoms with Gasteiger partial charge in [0.2, 0.25) is 0 Å². The van der Waals surface area contributed by atoms with Crippen molar-refractivity contribution in [3.8, 4) is 0 Å². The zero-order valence-electron chi connectivity index (χ0n) is 6.30. The highest BCUT2D eigenvalue weighted by Gasteiger charge is 2.18. The third-order valence-electron chi connectivity index (χ3n) is 1.46. The summed E-state index contributed by atoms with van der Waals surface area (Å²) in [4.78, 5) is 13.9. The maximum Gasteiger partial charge on any atom is 0.265 e. The third kappa shape index (κ3) is 1.82. The van der Waals surface area contributed by atoms with Crippen LogP contribution in [0.5, 0.6) is 0 Å². The summed E-state index contributed by atoms with van der Waals surface area (Å²) < 4.78 is 24.7. The van der Waals surface area contributed by atoms with Crippen molar-refractivity contribution >= 4 is 28.0 Å². The number of aldehydes is 1. The number of carbonyl (C=O) groups is 1. The molecule has 70 valence electrons. The van der Waals surface area contributed by atoms with Crippen LogP contribution in [0.2, 0.25) is 0 Å². The van der Waals surface area contributed by atoms with E-state index in [9.17, 15) is 13.6 Å². The smallest absolute Gasteiger partial charge is 0.265 e. The Hall–Kier alpha value is -1.04. The van der Waals surface area contributed by atoms with Crippen molar-refractivity contribution in [2.75, 3.05) is 5.73 Å². The topological polar surface area (TPSA) is 56.0 Å². The Labute approximate surface area is 81.1 Å². The van der Waals surface area contributed by atoms with Gasteiger partial charge in [0.05, 0.1) is 4.47 Å². The van der Waals surface area contributed by atoms with Crippen molar-refractivity contribution in [3.05, 3.63) is 21.8 Å². The summed E-state index contributed by atoms with van der Waals surface area (Å²) in [6, 6.07) is 0. The minimum absolute atomic E-state index is 0.0212. The molecule has 13 heavy (non-hydrogen) atoms. The lowest BCUT2D eigenvalue weighted by Crippen LogP contribution is -2.01. The normalized spacial score (nSPS) is 10.5. The van der Waals surface area contributed by atoms with Crippen LogP contribution in [0.15, 0.2) is 10.7 Å². The Morgan fingerprint density at radius 2 is 2.23 bits per heavy atom. The van der Waals surface area contributed by atoms with Gasteiger partial charge in [-0.05, 0) is 15.9 Å². The molecule has 1 rings (SSSR count). The first-order valence-electron chi connectivity index (χ1n) is 3.25. The highest BCUT2D eigenvalue weighted by molar-refractivity contribution is 9.10. The first-order chi connectivity index (χ1) is 6.07. The predicted octanol–water partition coefficient (Wildman–Crippen LogP) is 2.18. The van der Waals surface area contributed by atoms with Gasteiger partial charge in [-0.3, -0.25) is 4.79 Å². The van der Waals surface area contributed by atoms with Crippen LogP contribution in [0.1, 0.15) is 22.3 Å². The van der Waals surface area contributed by atoms with E-state index in [4.69, 9.17) is 5.73 Å². The fourth-order valence-corrected chi connectivity index (χ4v) is 1.35. The first kappa shape index (κ1) is 10.0. The van der Waals surface area contributed by atoms with E-state index >= 15 is 0 Å². The number of aromatic nitrogens is 1. The summed E-state index contributed by atoms with van der Waals surface area (Å²) >= 11 is 2.85. The molecule has 1 heterocycles. The van der Waals surface area contributed by atoms with E-state index < -0.39 is 12.0 Å². The summed E-state index contributed by atoms with van der Waals surface area (Å²) in [5.74, 6) is -0.0547. The molecule has 6 heteroatoms. The molecular weight excluding hydrogens is 246 g/mol. The second kappa shape index (κ2) is 3.78. The molecule has 0 fully saturated rings. The van der Waals surface area contributed by atoms with Gasteiger partial charge in [0.1, 0.15) is 5.82 Å². The highest BCUT2D eigenvalue weighted by atomic mass is 79.9. The number of anilines is 1. The van der Waals surface area contributed by atoms with E-state index in [0.29, 0.717) is 6.29 Å². The average molecular weight is 251 g/mol. The molecule has 0 bridgehead atoms. The van der Waals surface area contributed by atoms with Gasteiger partial charge >= 0.3 is 0 Å². The Kier molecular flexibility index (Phi) is 2.92. The Morgan fingerprint density at radius 3 is 2.69 bits per heavy atom. The maximum absolute atomic E-state index is 12.4. The Bertz CT molecular complexity index is 344. The quantitative estimate of drug-likeness (QED) is 0.819. The molecule has 1 aromatic heterocycles. The van der Waals surface area contributed by atoms with Crippen LogP contribution < -0.4 is 5.73 Å². The van der Waals surface area contributed by atoms with E-state index in [1.807, 2.05) is 0 Å². The summed E-state index contributed by atoms with van der Waals surface area (Å²) in [6.45, 7) is 0. The van der Waals surface area contributed by atoms with E-state index in [1.54, 1.807) is 0 Å². The number of carbonyl (C=O) groups excluding carboxylic acids is 1. The molecule has 0 saturated heterocycles. The minimum Gasteiger partial charge on any atom is -0.383 e. The summed E-state index contributed by atoms with van der Waals surface area (Å²) in [5.41, 5.74) is 4.70. The summed E-state index contributed by atoms with van der Waals surface area (Å²) in [7, 11) is 0. The number of pyridine rings is 1. The van der Waals surface area contributed by atoms with Crippen molar-refractivity contribution < 1.29 is 13.6 Å². The molecule has 3 nitrogen and oxygen atoms in total. The van der Waals surface area contributed by atoms with Crippen molar-refractivity contribution in [2.24, 2.45) is 0 Å². The molecule has 0 radical (unpaired) electrons. The van der Waals surface area contributed by atoms with Crippen LogP contribution in [-0.2, 0) is 0 Å². The molecule has 1 aromatic rings. The number of nitrogen functional groups attached to an aromatic ring is 1. The van der Waals surface area contributed by atoms with Gasteiger partial charge in [0.15, 0.2) is 6.29 Å². The lowest BCUT2D eigenvalue weighted by Gasteiger charge is -2.07. The molecule has 0 atom stereocenters. The fraction of sp³-hybridized carbons (Fsp3) is 0.143. The number of rotatable bonds is 2.